The van der Waals surface area contributed by atoms with Crippen molar-refractivity contribution in [2.75, 3.05) is 14.2 Å². The standard InChI is InChI=1S/C12H18FNO/c1-12(2,14-3)8-9-10(13)6-5-7-11(9)15-4/h5-7,14H,8H2,1-4H3. The maximum absolute atomic E-state index is 13.6. The molecular formula is C12H18FNO. The van der Waals surface area contributed by atoms with Crippen molar-refractivity contribution in [3.8, 4) is 5.75 Å². The van der Waals surface area contributed by atoms with Crippen LogP contribution in [0.5, 0.6) is 5.75 Å². The molecule has 0 radical (unpaired) electrons. The Morgan fingerprint density at radius 2 is 2.07 bits per heavy atom. The van der Waals surface area contributed by atoms with E-state index in [1.54, 1.807) is 19.2 Å². The third-order valence-electron chi connectivity index (χ3n) is 2.59. The fraction of sp³-hybridized carbons (Fsp3) is 0.500. The van der Waals surface area contributed by atoms with Crippen LogP contribution < -0.4 is 10.1 Å². The highest BCUT2D eigenvalue weighted by Crippen LogP contribution is 2.25. The Hall–Kier alpha value is -1.09. The number of nitrogens with one attached hydrogen (secondary N) is 1. The molecule has 1 aromatic rings. The van der Waals surface area contributed by atoms with Gasteiger partial charge in [0.15, 0.2) is 0 Å². The monoisotopic (exact) mass is 211 g/mol. The molecule has 1 rings (SSSR count). The molecule has 15 heavy (non-hydrogen) atoms. The van der Waals surface area contributed by atoms with Crippen LogP contribution in [0, 0.1) is 5.82 Å². The van der Waals surface area contributed by atoms with Crippen molar-refractivity contribution in [2.24, 2.45) is 0 Å². The quantitative estimate of drug-likeness (QED) is 0.825. The van der Waals surface area contributed by atoms with Crippen molar-refractivity contribution in [1.29, 1.82) is 0 Å². The lowest BCUT2D eigenvalue weighted by molar-refractivity contribution is 0.377. The van der Waals surface area contributed by atoms with E-state index in [2.05, 4.69) is 5.32 Å². The molecule has 0 spiro atoms. The zero-order chi connectivity index (χ0) is 11.5. The number of hydrogen-bond acceptors (Lipinski definition) is 2. The summed E-state index contributed by atoms with van der Waals surface area (Å²) in [5.74, 6) is 0.399. The molecule has 1 aromatic carbocycles. The lowest BCUT2D eigenvalue weighted by atomic mass is 9.94. The van der Waals surface area contributed by atoms with E-state index in [1.807, 2.05) is 20.9 Å². The molecule has 0 aliphatic heterocycles. The largest absolute Gasteiger partial charge is 0.496 e. The normalized spacial score (nSPS) is 11.5. The van der Waals surface area contributed by atoms with Gasteiger partial charge in [0, 0.05) is 11.1 Å². The lowest BCUT2D eigenvalue weighted by Crippen LogP contribution is -2.38. The Labute approximate surface area is 90.4 Å². The molecule has 0 bridgehead atoms. The molecule has 0 aliphatic rings. The average molecular weight is 211 g/mol. The molecule has 0 atom stereocenters. The number of methoxy groups -OCH3 is 1. The van der Waals surface area contributed by atoms with E-state index in [-0.39, 0.29) is 11.4 Å². The van der Waals surface area contributed by atoms with Gasteiger partial charge < -0.3 is 10.1 Å². The molecule has 1 N–H and O–H groups in total. The smallest absolute Gasteiger partial charge is 0.130 e. The first-order valence-corrected chi connectivity index (χ1v) is 5.00. The van der Waals surface area contributed by atoms with E-state index >= 15 is 0 Å². The Morgan fingerprint density at radius 3 is 2.60 bits per heavy atom. The third-order valence-corrected chi connectivity index (χ3v) is 2.59. The molecule has 0 aromatic heterocycles. The van der Waals surface area contributed by atoms with Gasteiger partial charge in [0.05, 0.1) is 7.11 Å². The van der Waals surface area contributed by atoms with Crippen LogP contribution in [0.4, 0.5) is 4.39 Å². The van der Waals surface area contributed by atoms with Crippen molar-refractivity contribution in [3.05, 3.63) is 29.6 Å². The van der Waals surface area contributed by atoms with Crippen LogP contribution in [0.25, 0.3) is 0 Å². The van der Waals surface area contributed by atoms with Crippen molar-refractivity contribution >= 4 is 0 Å². The molecule has 0 amide bonds. The number of halogens is 1. The van der Waals surface area contributed by atoms with Gasteiger partial charge in [0.1, 0.15) is 11.6 Å². The van der Waals surface area contributed by atoms with E-state index in [9.17, 15) is 4.39 Å². The molecule has 3 heteroatoms. The van der Waals surface area contributed by atoms with Crippen LogP contribution in [0.1, 0.15) is 19.4 Å². The highest BCUT2D eigenvalue weighted by Gasteiger charge is 2.20. The van der Waals surface area contributed by atoms with Crippen LogP contribution in [0.15, 0.2) is 18.2 Å². The Kier molecular flexibility index (Phi) is 3.69. The van der Waals surface area contributed by atoms with E-state index in [1.165, 1.54) is 6.07 Å². The summed E-state index contributed by atoms with van der Waals surface area (Å²) in [6.07, 6.45) is 0.597. The number of likely N-dealkylation sites (N-methyl/N-ethyl adjacent to an activating group) is 1. The van der Waals surface area contributed by atoms with Gasteiger partial charge in [0.2, 0.25) is 0 Å². The molecule has 0 heterocycles. The Balaban J connectivity index is 3.02. The van der Waals surface area contributed by atoms with Gasteiger partial charge in [-0.1, -0.05) is 6.07 Å². The number of rotatable bonds is 4. The number of benzene rings is 1. The first-order valence-electron chi connectivity index (χ1n) is 5.00. The summed E-state index contributed by atoms with van der Waals surface area (Å²) in [5, 5.41) is 3.15. The summed E-state index contributed by atoms with van der Waals surface area (Å²) in [5.41, 5.74) is 0.481. The Bertz CT molecular complexity index is 336. The molecule has 0 aliphatic carbocycles. The Morgan fingerprint density at radius 1 is 1.40 bits per heavy atom. The first-order chi connectivity index (χ1) is 7.00. The summed E-state index contributed by atoms with van der Waals surface area (Å²) in [6.45, 7) is 4.05. The molecule has 0 saturated heterocycles. The van der Waals surface area contributed by atoms with Gasteiger partial charge in [-0.15, -0.1) is 0 Å². The minimum absolute atomic E-state index is 0.143. The highest BCUT2D eigenvalue weighted by atomic mass is 19.1. The van der Waals surface area contributed by atoms with Crippen molar-refractivity contribution in [3.63, 3.8) is 0 Å². The van der Waals surface area contributed by atoms with Crippen LogP contribution in [-0.4, -0.2) is 19.7 Å². The molecule has 84 valence electrons. The number of ether oxygens (including phenoxy) is 1. The SMILES string of the molecule is CNC(C)(C)Cc1c(F)cccc1OC. The second-order valence-electron chi connectivity index (χ2n) is 4.23. The number of hydrogen-bond donors (Lipinski definition) is 1. The summed E-state index contributed by atoms with van der Waals surface area (Å²) in [6, 6.07) is 4.90. The van der Waals surface area contributed by atoms with Crippen molar-refractivity contribution < 1.29 is 9.13 Å². The van der Waals surface area contributed by atoms with Gasteiger partial charge in [0.25, 0.3) is 0 Å². The van der Waals surface area contributed by atoms with Crippen LogP contribution in [0.3, 0.4) is 0 Å². The summed E-state index contributed by atoms with van der Waals surface area (Å²) in [4.78, 5) is 0. The molecule has 0 fully saturated rings. The molecule has 0 unspecified atom stereocenters. The van der Waals surface area contributed by atoms with Crippen molar-refractivity contribution in [2.45, 2.75) is 25.8 Å². The summed E-state index contributed by atoms with van der Waals surface area (Å²) >= 11 is 0. The van der Waals surface area contributed by atoms with Gasteiger partial charge >= 0.3 is 0 Å². The maximum atomic E-state index is 13.6. The molecule has 0 saturated carbocycles. The third kappa shape index (κ3) is 2.93. The average Bonchev–Trinajstić information content (AvgIpc) is 2.21. The van der Waals surface area contributed by atoms with E-state index in [4.69, 9.17) is 4.74 Å². The second-order valence-corrected chi connectivity index (χ2v) is 4.23. The fourth-order valence-electron chi connectivity index (χ4n) is 1.43. The molecule has 2 nitrogen and oxygen atoms in total. The summed E-state index contributed by atoms with van der Waals surface area (Å²) in [7, 11) is 3.43. The minimum atomic E-state index is -0.210. The van der Waals surface area contributed by atoms with Gasteiger partial charge in [-0.2, -0.15) is 0 Å². The van der Waals surface area contributed by atoms with Gasteiger partial charge in [-0.05, 0) is 39.4 Å². The minimum Gasteiger partial charge on any atom is -0.496 e. The predicted molar refractivity (Wildman–Crippen MR) is 59.8 cm³/mol. The van der Waals surface area contributed by atoms with Crippen LogP contribution in [0.2, 0.25) is 0 Å². The van der Waals surface area contributed by atoms with Gasteiger partial charge in [-0.25, -0.2) is 4.39 Å². The second kappa shape index (κ2) is 4.62. The maximum Gasteiger partial charge on any atom is 0.130 e. The van der Waals surface area contributed by atoms with E-state index in [0.717, 1.165) is 0 Å². The van der Waals surface area contributed by atoms with Gasteiger partial charge in [-0.3, -0.25) is 0 Å². The highest BCUT2D eigenvalue weighted by molar-refractivity contribution is 5.35. The van der Waals surface area contributed by atoms with Crippen LogP contribution >= 0.6 is 0 Å². The lowest BCUT2D eigenvalue weighted by Gasteiger charge is -2.25. The first kappa shape index (κ1) is 12.0. The summed E-state index contributed by atoms with van der Waals surface area (Å²) < 4.78 is 18.7. The zero-order valence-corrected chi connectivity index (χ0v) is 9.73. The topological polar surface area (TPSA) is 21.3 Å². The van der Waals surface area contributed by atoms with Crippen molar-refractivity contribution in [1.82, 2.24) is 5.32 Å². The van der Waals surface area contributed by atoms with E-state index in [0.29, 0.717) is 17.7 Å². The van der Waals surface area contributed by atoms with Crippen LogP contribution in [-0.2, 0) is 6.42 Å². The fourth-order valence-corrected chi connectivity index (χ4v) is 1.43. The molecular weight excluding hydrogens is 193 g/mol. The van der Waals surface area contributed by atoms with E-state index < -0.39 is 0 Å². The predicted octanol–water partition coefficient (Wildman–Crippen LogP) is 2.37. The zero-order valence-electron chi connectivity index (χ0n) is 9.73.